The number of benzene rings is 2. The number of aromatic nitrogens is 1. The molecule has 1 aromatic heterocycles. The predicted octanol–water partition coefficient (Wildman–Crippen LogP) is 4.00. The Morgan fingerprint density at radius 1 is 1.07 bits per heavy atom. The van der Waals surface area contributed by atoms with E-state index in [1.54, 1.807) is 24.3 Å². The first-order valence-corrected chi connectivity index (χ1v) is 9.46. The molecule has 140 valence electrons. The van der Waals surface area contributed by atoms with Crippen LogP contribution in [0.4, 0.5) is 8.78 Å². The van der Waals surface area contributed by atoms with E-state index in [1.807, 2.05) is 0 Å². The van der Waals surface area contributed by atoms with Gasteiger partial charge >= 0.3 is 0 Å². The van der Waals surface area contributed by atoms with E-state index in [4.69, 9.17) is 21.5 Å². The minimum Gasteiger partial charge on any atom is -0.495 e. The number of primary sulfonamides is 1. The molecule has 0 aliphatic rings. The molecular formula is C18H13ClF2N2O3S. The van der Waals surface area contributed by atoms with Crippen molar-refractivity contribution in [2.45, 2.75) is 4.90 Å². The number of halogens is 3. The largest absolute Gasteiger partial charge is 0.495 e. The first-order valence-electron chi connectivity index (χ1n) is 7.53. The van der Waals surface area contributed by atoms with Crippen LogP contribution in [0.5, 0.6) is 5.75 Å². The van der Waals surface area contributed by atoms with Crippen LogP contribution in [-0.4, -0.2) is 20.5 Å². The summed E-state index contributed by atoms with van der Waals surface area (Å²) < 4.78 is 56.8. The number of ether oxygens (including phenoxy) is 1. The highest BCUT2D eigenvalue weighted by molar-refractivity contribution is 7.89. The Balaban J connectivity index is 2.22. The Hall–Kier alpha value is -2.55. The van der Waals surface area contributed by atoms with E-state index in [0.29, 0.717) is 28.1 Å². The highest BCUT2D eigenvalue weighted by Gasteiger charge is 2.21. The minimum absolute atomic E-state index is 0.156. The van der Waals surface area contributed by atoms with Gasteiger partial charge in [0.1, 0.15) is 22.3 Å². The van der Waals surface area contributed by atoms with Gasteiger partial charge in [0, 0.05) is 22.9 Å². The molecule has 0 unspecified atom stereocenters. The second kappa shape index (κ2) is 7.22. The molecule has 1 heterocycles. The Labute approximate surface area is 159 Å². The molecule has 0 bridgehead atoms. The molecule has 9 heteroatoms. The number of nitrogens with zero attached hydrogens (tertiary/aromatic N) is 1. The van der Waals surface area contributed by atoms with E-state index in [2.05, 4.69) is 4.98 Å². The van der Waals surface area contributed by atoms with Crippen LogP contribution in [0.15, 0.2) is 53.6 Å². The average molecular weight is 411 g/mol. The molecule has 0 spiro atoms. The maximum atomic E-state index is 14.6. The predicted molar refractivity (Wildman–Crippen MR) is 98.0 cm³/mol. The number of sulfonamides is 1. The third kappa shape index (κ3) is 3.78. The molecule has 0 aliphatic heterocycles. The Morgan fingerprint density at radius 3 is 2.48 bits per heavy atom. The molecule has 27 heavy (non-hydrogen) atoms. The summed E-state index contributed by atoms with van der Waals surface area (Å²) in [6, 6.07) is 9.29. The third-order valence-corrected chi connectivity index (χ3v) is 5.09. The van der Waals surface area contributed by atoms with Gasteiger partial charge in [-0.2, -0.15) is 0 Å². The fraction of sp³-hybridized carbons (Fsp3) is 0.0556. The molecule has 0 amide bonds. The zero-order valence-corrected chi connectivity index (χ0v) is 15.5. The SMILES string of the molecule is COc1cc(-c2ncccc2-c2cc(F)c(S(N)(=O)=O)cc2F)ccc1Cl. The number of hydrogen-bond acceptors (Lipinski definition) is 4. The normalized spacial score (nSPS) is 11.4. The summed E-state index contributed by atoms with van der Waals surface area (Å²) in [5.41, 5.74) is 1.01. The fourth-order valence-corrected chi connectivity index (χ4v) is 3.41. The van der Waals surface area contributed by atoms with E-state index in [9.17, 15) is 17.2 Å². The van der Waals surface area contributed by atoms with Crippen molar-refractivity contribution in [2.75, 3.05) is 7.11 Å². The molecule has 3 aromatic rings. The monoisotopic (exact) mass is 410 g/mol. The number of nitrogens with two attached hydrogens (primary N) is 1. The van der Waals surface area contributed by atoms with Gasteiger partial charge < -0.3 is 4.74 Å². The van der Waals surface area contributed by atoms with Crippen LogP contribution in [0.1, 0.15) is 0 Å². The zero-order valence-electron chi connectivity index (χ0n) is 13.9. The molecule has 0 radical (unpaired) electrons. The number of rotatable bonds is 4. The summed E-state index contributed by atoms with van der Waals surface area (Å²) >= 11 is 6.02. The van der Waals surface area contributed by atoms with Gasteiger partial charge in [-0.1, -0.05) is 23.7 Å². The summed E-state index contributed by atoms with van der Waals surface area (Å²) in [6.45, 7) is 0. The van der Waals surface area contributed by atoms with Crippen LogP contribution in [0.3, 0.4) is 0 Å². The van der Waals surface area contributed by atoms with Crippen molar-refractivity contribution in [1.29, 1.82) is 0 Å². The lowest BCUT2D eigenvalue weighted by Crippen LogP contribution is -2.14. The van der Waals surface area contributed by atoms with Gasteiger partial charge in [0.25, 0.3) is 0 Å². The van der Waals surface area contributed by atoms with Crippen molar-refractivity contribution >= 4 is 21.6 Å². The van der Waals surface area contributed by atoms with Crippen molar-refractivity contribution in [1.82, 2.24) is 4.98 Å². The summed E-state index contributed by atoms with van der Waals surface area (Å²) in [5.74, 6) is -1.71. The fourth-order valence-electron chi connectivity index (χ4n) is 2.61. The first-order chi connectivity index (χ1) is 12.7. The minimum atomic E-state index is -4.39. The van der Waals surface area contributed by atoms with Crippen LogP contribution in [0, 0.1) is 11.6 Å². The Kier molecular flexibility index (Phi) is 5.14. The average Bonchev–Trinajstić information content (AvgIpc) is 2.63. The Bertz CT molecular complexity index is 1140. The van der Waals surface area contributed by atoms with Crippen LogP contribution in [0.25, 0.3) is 22.4 Å². The molecule has 2 aromatic carbocycles. The van der Waals surface area contributed by atoms with Crippen molar-refractivity contribution in [3.05, 3.63) is 65.3 Å². The summed E-state index contributed by atoms with van der Waals surface area (Å²) in [5, 5.41) is 5.29. The highest BCUT2D eigenvalue weighted by Crippen LogP contribution is 2.36. The molecule has 2 N–H and O–H groups in total. The second-order valence-electron chi connectivity index (χ2n) is 5.56. The quantitative estimate of drug-likeness (QED) is 0.704. The van der Waals surface area contributed by atoms with Gasteiger partial charge in [-0.25, -0.2) is 22.3 Å². The maximum absolute atomic E-state index is 14.6. The van der Waals surface area contributed by atoms with Gasteiger partial charge in [-0.15, -0.1) is 0 Å². The lowest BCUT2D eigenvalue weighted by molar-refractivity contribution is 0.415. The topological polar surface area (TPSA) is 82.3 Å². The van der Waals surface area contributed by atoms with Crippen molar-refractivity contribution < 1.29 is 21.9 Å². The van der Waals surface area contributed by atoms with Gasteiger partial charge in [0.05, 0.1) is 17.8 Å². The number of hydrogen-bond donors (Lipinski definition) is 1. The number of methoxy groups -OCH3 is 1. The van der Waals surface area contributed by atoms with Gasteiger partial charge in [-0.05, 0) is 30.3 Å². The van der Waals surface area contributed by atoms with E-state index in [0.717, 1.165) is 6.07 Å². The molecule has 0 saturated heterocycles. The van der Waals surface area contributed by atoms with Crippen molar-refractivity contribution in [2.24, 2.45) is 5.14 Å². The molecular weight excluding hydrogens is 398 g/mol. The molecule has 5 nitrogen and oxygen atoms in total. The summed E-state index contributed by atoms with van der Waals surface area (Å²) in [7, 11) is -2.94. The van der Waals surface area contributed by atoms with Crippen LogP contribution < -0.4 is 9.88 Å². The lowest BCUT2D eigenvalue weighted by Gasteiger charge is -2.12. The van der Waals surface area contributed by atoms with Crippen molar-refractivity contribution in [3.63, 3.8) is 0 Å². The van der Waals surface area contributed by atoms with Crippen molar-refractivity contribution in [3.8, 4) is 28.1 Å². The van der Waals surface area contributed by atoms with E-state index in [1.165, 1.54) is 19.4 Å². The second-order valence-corrected chi connectivity index (χ2v) is 7.49. The van der Waals surface area contributed by atoms with E-state index in [-0.39, 0.29) is 11.1 Å². The standard InChI is InChI=1S/C18H13ClF2N2O3S/c1-26-16-7-10(4-5-13(16)19)18-11(3-2-6-23-18)12-8-15(21)17(9-14(12)20)27(22,24)25/h2-9H,1H3,(H2,22,24,25). The van der Waals surface area contributed by atoms with Crippen LogP contribution in [-0.2, 0) is 10.0 Å². The molecule has 0 fully saturated rings. The van der Waals surface area contributed by atoms with Crippen LogP contribution in [0.2, 0.25) is 5.02 Å². The smallest absolute Gasteiger partial charge is 0.241 e. The van der Waals surface area contributed by atoms with Crippen LogP contribution >= 0.6 is 11.6 Å². The first kappa shape index (κ1) is 19.2. The summed E-state index contributed by atoms with van der Waals surface area (Å²) in [6.07, 6.45) is 1.49. The summed E-state index contributed by atoms with van der Waals surface area (Å²) in [4.78, 5) is 3.33. The number of pyridine rings is 1. The maximum Gasteiger partial charge on any atom is 0.241 e. The third-order valence-electron chi connectivity index (χ3n) is 3.85. The molecule has 3 rings (SSSR count). The molecule has 0 atom stereocenters. The molecule has 0 aliphatic carbocycles. The highest BCUT2D eigenvalue weighted by atomic mass is 35.5. The van der Waals surface area contributed by atoms with Gasteiger partial charge in [0.15, 0.2) is 0 Å². The van der Waals surface area contributed by atoms with E-state index >= 15 is 0 Å². The van der Waals surface area contributed by atoms with E-state index < -0.39 is 26.6 Å². The molecule has 0 saturated carbocycles. The Morgan fingerprint density at radius 2 is 1.81 bits per heavy atom. The van der Waals surface area contributed by atoms with Gasteiger partial charge in [0.2, 0.25) is 10.0 Å². The van der Waals surface area contributed by atoms with Gasteiger partial charge in [-0.3, -0.25) is 4.98 Å². The lowest BCUT2D eigenvalue weighted by atomic mass is 9.98. The zero-order chi connectivity index (χ0) is 19.8.